The second-order valence-corrected chi connectivity index (χ2v) is 5.52. The lowest BCUT2D eigenvalue weighted by Gasteiger charge is -2.30. The highest BCUT2D eigenvalue weighted by Crippen LogP contribution is 2.35. The van der Waals surface area contributed by atoms with Crippen LogP contribution in [0.4, 0.5) is 11.4 Å². The monoisotopic (exact) mass is 400 g/mol. The molecule has 128 valence electrons. The number of nitrogens with zero attached hydrogens (tertiary/aromatic N) is 2. The van der Waals surface area contributed by atoms with Crippen LogP contribution in [-0.2, 0) is 23.8 Å². The van der Waals surface area contributed by atoms with Crippen LogP contribution in [0.1, 0.15) is 0 Å². The van der Waals surface area contributed by atoms with Gasteiger partial charge in [0, 0.05) is 10.5 Å². The molecule has 0 amide bonds. The highest BCUT2D eigenvalue weighted by Gasteiger charge is 2.35. The molecule has 0 aliphatic carbocycles. The first-order chi connectivity index (χ1) is 11.4. The Morgan fingerprint density at radius 3 is 2.54 bits per heavy atom. The maximum absolute atomic E-state index is 12.2. The van der Waals surface area contributed by atoms with Crippen molar-refractivity contribution in [1.29, 1.82) is 0 Å². The number of benzene rings is 1. The van der Waals surface area contributed by atoms with Crippen molar-refractivity contribution in [3.8, 4) is 0 Å². The van der Waals surface area contributed by atoms with Crippen LogP contribution in [-0.4, -0.2) is 44.4 Å². The minimum Gasteiger partial charge on any atom is -0.466 e. The van der Waals surface area contributed by atoms with E-state index in [2.05, 4.69) is 20.7 Å². The van der Waals surface area contributed by atoms with Crippen LogP contribution in [0.25, 0.3) is 0 Å². The minimum absolute atomic E-state index is 0.0761. The number of nitro benzene ring substituents is 1. The van der Waals surface area contributed by atoms with E-state index in [4.69, 9.17) is 9.47 Å². The molecule has 0 saturated heterocycles. The fraction of sp³-hybridized carbons (Fsp3) is 0.286. The van der Waals surface area contributed by atoms with E-state index in [1.165, 1.54) is 17.0 Å². The number of hydrogen-bond acceptors (Lipinski definition) is 8. The third-order valence-corrected chi connectivity index (χ3v) is 3.75. The fourth-order valence-corrected chi connectivity index (χ4v) is 2.55. The van der Waals surface area contributed by atoms with Crippen LogP contribution < -0.4 is 4.90 Å². The number of carbonyl (C=O) groups is 2. The predicted octanol–water partition coefficient (Wildman–Crippen LogP) is 1.75. The lowest BCUT2D eigenvalue weighted by molar-refractivity contribution is -0.384. The molecule has 0 N–H and O–H groups in total. The molecular weight excluding hydrogens is 388 g/mol. The van der Waals surface area contributed by atoms with Crippen LogP contribution in [0.2, 0.25) is 0 Å². The molecule has 1 aliphatic rings. The molecule has 10 heteroatoms. The molecule has 0 aromatic heterocycles. The Hall–Kier alpha value is -2.46. The van der Waals surface area contributed by atoms with Crippen molar-refractivity contribution in [1.82, 2.24) is 0 Å². The Morgan fingerprint density at radius 1 is 1.29 bits per heavy atom. The number of carbonyl (C=O) groups excluding carboxylic acids is 2. The molecule has 0 saturated carbocycles. The van der Waals surface area contributed by atoms with Gasteiger partial charge in [0.2, 0.25) is 0 Å². The third kappa shape index (κ3) is 3.39. The molecule has 9 nitrogen and oxygen atoms in total. The van der Waals surface area contributed by atoms with Crippen LogP contribution in [0.15, 0.2) is 33.9 Å². The first-order valence-corrected chi connectivity index (χ1v) is 7.39. The van der Waals surface area contributed by atoms with Gasteiger partial charge in [0.25, 0.3) is 5.69 Å². The van der Waals surface area contributed by atoms with Crippen molar-refractivity contribution >= 4 is 39.2 Å². The molecule has 24 heavy (non-hydrogen) atoms. The number of ether oxygens (including phenoxy) is 3. The standard InChI is InChI=1S/C14H13BrN2O7/c1-22-13(18)9-6-24-7-16(12(9)14(19)23-2)10-4-3-8(15)5-11(10)17(20)21/h3-5H,6-7H2,1-2H3. The molecule has 0 unspecified atom stereocenters. The van der Waals surface area contributed by atoms with Crippen molar-refractivity contribution in [3.63, 3.8) is 0 Å². The topological polar surface area (TPSA) is 108 Å². The lowest BCUT2D eigenvalue weighted by Crippen LogP contribution is -2.39. The van der Waals surface area contributed by atoms with Gasteiger partial charge in [-0.25, -0.2) is 9.59 Å². The molecule has 1 aliphatic heterocycles. The van der Waals surface area contributed by atoms with Gasteiger partial charge in [-0.15, -0.1) is 0 Å². The van der Waals surface area contributed by atoms with Gasteiger partial charge in [0.1, 0.15) is 18.1 Å². The Morgan fingerprint density at radius 2 is 1.96 bits per heavy atom. The van der Waals surface area contributed by atoms with E-state index >= 15 is 0 Å². The summed E-state index contributed by atoms with van der Waals surface area (Å²) in [5.74, 6) is -1.60. The van der Waals surface area contributed by atoms with Gasteiger partial charge < -0.3 is 19.1 Å². The maximum atomic E-state index is 12.2. The largest absolute Gasteiger partial charge is 0.466 e. The zero-order valence-electron chi connectivity index (χ0n) is 12.8. The van der Waals surface area contributed by atoms with Gasteiger partial charge in [-0.2, -0.15) is 0 Å². The summed E-state index contributed by atoms with van der Waals surface area (Å²) in [6.45, 7) is -0.328. The number of methoxy groups -OCH3 is 2. The summed E-state index contributed by atoms with van der Waals surface area (Å²) in [4.78, 5) is 36.0. The van der Waals surface area contributed by atoms with Crippen LogP contribution in [0, 0.1) is 10.1 Å². The SMILES string of the molecule is COC(=O)C1=C(C(=O)OC)N(c2ccc(Br)cc2[N+](=O)[O-])COC1. The Balaban J connectivity index is 2.66. The fourth-order valence-electron chi connectivity index (χ4n) is 2.20. The molecule has 0 atom stereocenters. The number of nitro groups is 1. The maximum Gasteiger partial charge on any atom is 0.355 e. The number of hydrogen-bond donors (Lipinski definition) is 0. The minimum atomic E-state index is -0.823. The molecule has 1 aromatic rings. The van der Waals surface area contributed by atoms with Gasteiger partial charge >= 0.3 is 11.9 Å². The Bertz CT molecular complexity index is 732. The molecular formula is C14H13BrN2O7. The highest BCUT2D eigenvalue weighted by atomic mass is 79.9. The number of anilines is 1. The van der Waals surface area contributed by atoms with E-state index in [0.29, 0.717) is 4.47 Å². The molecule has 2 rings (SSSR count). The van der Waals surface area contributed by atoms with Gasteiger partial charge in [-0.05, 0) is 12.1 Å². The third-order valence-electron chi connectivity index (χ3n) is 3.26. The normalized spacial score (nSPS) is 14.4. The lowest BCUT2D eigenvalue weighted by atomic mass is 10.1. The van der Waals surface area contributed by atoms with E-state index in [1.54, 1.807) is 6.07 Å². The van der Waals surface area contributed by atoms with Crippen LogP contribution in [0.3, 0.4) is 0 Å². The Labute approximate surface area is 145 Å². The van der Waals surface area contributed by atoms with Crippen LogP contribution in [0.5, 0.6) is 0 Å². The summed E-state index contributed by atoms with van der Waals surface area (Å²) in [5.41, 5.74) is -0.404. The van der Waals surface area contributed by atoms with E-state index in [-0.39, 0.29) is 36.0 Å². The highest BCUT2D eigenvalue weighted by molar-refractivity contribution is 9.10. The summed E-state index contributed by atoms with van der Waals surface area (Å²) < 4.78 is 15.1. The predicted molar refractivity (Wildman–Crippen MR) is 85.2 cm³/mol. The summed E-state index contributed by atoms with van der Waals surface area (Å²) in [6.07, 6.45) is 0. The Kier molecular flexibility index (Phi) is 5.52. The van der Waals surface area contributed by atoms with Crippen molar-refractivity contribution in [2.75, 3.05) is 32.5 Å². The first kappa shape index (κ1) is 17.9. The van der Waals surface area contributed by atoms with Crippen molar-refractivity contribution < 1.29 is 28.7 Å². The summed E-state index contributed by atoms with van der Waals surface area (Å²) in [6, 6.07) is 4.30. The van der Waals surface area contributed by atoms with E-state index in [9.17, 15) is 19.7 Å². The zero-order chi connectivity index (χ0) is 17.9. The van der Waals surface area contributed by atoms with E-state index in [0.717, 1.165) is 14.2 Å². The first-order valence-electron chi connectivity index (χ1n) is 6.59. The zero-order valence-corrected chi connectivity index (χ0v) is 14.4. The van der Waals surface area contributed by atoms with E-state index < -0.39 is 16.9 Å². The van der Waals surface area contributed by atoms with Gasteiger partial charge in [-0.1, -0.05) is 15.9 Å². The molecule has 1 heterocycles. The van der Waals surface area contributed by atoms with E-state index in [1.807, 2.05) is 0 Å². The smallest absolute Gasteiger partial charge is 0.355 e. The van der Waals surface area contributed by atoms with Crippen molar-refractivity contribution in [2.45, 2.75) is 0 Å². The van der Waals surface area contributed by atoms with Gasteiger partial charge in [-0.3, -0.25) is 10.1 Å². The molecule has 0 fully saturated rings. The molecule has 1 aromatic carbocycles. The number of rotatable bonds is 4. The quantitative estimate of drug-likeness (QED) is 0.427. The molecule has 0 spiro atoms. The number of esters is 2. The second kappa shape index (κ2) is 7.41. The number of halogens is 1. The summed E-state index contributed by atoms with van der Waals surface area (Å²) in [7, 11) is 2.30. The average Bonchev–Trinajstić information content (AvgIpc) is 2.59. The van der Waals surface area contributed by atoms with Crippen molar-refractivity contribution in [2.24, 2.45) is 0 Å². The average molecular weight is 401 g/mol. The van der Waals surface area contributed by atoms with Crippen LogP contribution >= 0.6 is 15.9 Å². The summed E-state index contributed by atoms with van der Waals surface area (Å²) in [5, 5.41) is 11.3. The molecule has 0 bridgehead atoms. The second-order valence-electron chi connectivity index (χ2n) is 4.61. The summed E-state index contributed by atoms with van der Waals surface area (Å²) >= 11 is 3.16. The van der Waals surface area contributed by atoms with Crippen molar-refractivity contribution in [3.05, 3.63) is 44.1 Å². The van der Waals surface area contributed by atoms with Gasteiger partial charge in [0.15, 0.2) is 0 Å². The van der Waals surface area contributed by atoms with Gasteiger partial charge in [0.05, 0.1) is 31.3 Å². The molecule has 0 radical (unpaired) electrons.